The first-order chi connectivity index (χ1) is 8.69. The number of rotatable bonds is 2. The largest absolute Gasteiger partial charge is 0.398 e. The Bertz CT molecular complexity index is 556. The molecule has 0 aliphatic heterocycles. The highest BCUT2D eigenvalue weighted by atomic mass is 16.5. The van der Waals surface area contributed by atoms with Crippen molar-refractivity contribution in [1.29, 1.82) is 0 Å². The highest BCUT2D eigenvalue weighted by molar-refractivity contribution is 5.70. The molecule has 1 aromatic heterocycles. The summed E-state index contributed by atoms with van der Waals surface area (Å²) in [6, 6.07) is 7.60. The van der Waals surface area contributed by atoms with Crippen LogP contribution in [0.25, 0.3) is 11.4 Å². The molecule has 2 N–H and O–H groups in total. The second kappa shape index (κ2) is 4.12. The first-order valence-corrected chi connectivity index (χ1v) is 6.38. The number of nitrogens with zero attached hydrogens (tertiary/aromatic N) is 2. The Kier molecular flexibility index (Phi) is 2.58. The maximum absolute atomic E-state index is 5.93. The summed E-state index contributed by atoms with van der Waals surface area (Å²) in [6.45, 7) is 2.20. The number of nitrogens with two attached hydrogens (primary N) is 1. The number of hydrogen-bond donors (Lipinski definition) is 1. The van der Waals surface area contributed by atoms with E-state index in [9.17, 15) is 0 Å². The molecule has 0 atom stereocenters. The van der Waals surface area contributed by atoms with Gasteiger partial charge in [-0.1, -0.05) is 37.1 Å². The van der Waals surface area contributed by atoms with Gasteiger partial charge in [-0.3, -0.25) is 0 Å². The molecule has 0 amide bonds. The van der Waals surface area contributed by atoms with Crippen LogP contribution < -0.4 is 5.73 Å². The third kappa shape index (κ3) is 1.78. The molecule has 0 unspecified atom stereocenters. The minimum Gasteiger partial charge on any atom is -0.398 e. The molecule has 0 radical (unpaired) electrons. The predicted molar refractivity (Wildman–Crippen MR) is 70.0 cm³/mol. The Morgan fingerprint density at radius 1 is 1.22 bits per heavy atom. The van der Waals surface area contributed by atoms with Crippen LogP contribution >= 0.6 is 0 Å². The van der Waals surface area contributed by atoms with E-state index >= 15 is 0 Å². The van der Waals surface area contributed by atoms with Gasteiger partial charge >= 0.3 is 0 Å². The molecule has 1 aliphatic rings. The fourth-order valence-corrected chi connectivity index (χ4v) is 2.65. The Morgan fingerprint density at radius 3 is 2.67 bits per heavy atom. The molecule has 4 heteroatoms. The van der Waals surface area contributed by atoms with Crippen LogP contribution in [0.3, 0.4) is 0 Å². The van der Waals surface area contributed by atoms with Crippen molar-refractivity contribution in [3.05, 3.63) is 30.2 Å². The van der Waals surface area contributed by atoms with Gasteiger partial charge in [-0.25, -0.2) is 0 Å². The van der Waals surface area contributed by atoms with Gasteiger partial charge in [-0.2, -0.15) is 4.98 Å². The van der Waals surface area contributed by atoms with Crippen molar-refractivity contribution < 1.29 is 4.52 Å². The van der Waals surface area contributed by atoms with Gasteiger partial charge in [0.1, 0.15) is 0 Å². The number of anilines is 1. The van der Waals surface area contributed by atoms with Crippen LogP contribution in [-0.4, -0.2) is 10.1 Å². The van der Waals surface area contributed by atoms with Crippen molar-refractivity contribution in [3.8, 4) is 11.4 Å². The molecule has 4 nitrogen and oxygen atoms in total. The molecule has 18 heavy (non-hydrogen) atoms. The van der Waals surface area contributed by atoms with Gasteiger partial charge in [0, 0.05) is 16.7 Å². The summed E-state index contributed by atoms with van der Waals surface area (Å²) in [4.78, 5) is 4.54. The Labute approximate surface area is 106 Å². The van der Waals surface area contributed by atoms with Crippen LogP contribution in [0.15, 0.2) is 28.8 Å². The highest BCUT2D eigenvalue weighted by Crippen LogP contribution is 2.40. The molecule has 3 rings (SSSR count). The lowest BCUT2D eigenvalue weighted by Gasteiger charge is -2.16. The van der Waals surface area contributed by atoms with Crippen LogP contribution in [0.1, 0.15) is 38.5 Å². The molecule has 1 heterocycles. The first-order valence-electron chi connectivity index (χ1n) is 6.38. The van der Waals surface area contributed by atoms with E-state index in [1.165, 1.54) is 12.8 Å². The predicted octanol–water partition coefficient (Wildman–Crippen LogP) is 3.15. The minimum atomic E-state index is 0.0504. The molecular formula is C14H17N3O. The van der Waals surface area contributed by atoms with Gasteiger partial charge in [-0.15, -0.1) is 0 Å². The van der Waals surface area contributed by atoms with E-state index in [4.69, 9.17) is 10.3 Å². The van der Waals surface area contributed by atoms with Crippen LogP contribution in [-0.2, 0) is 5.41 Å². The Morgan fingerprint density at radius 2 is 1.94 bits per heavy atom. The quantitative estimate of drug-likeness (QED) is 0.823. The van der Waals surface area contributed by atoms with E-state index in [1.54, 1.807) is 0 Å². The lowest BCUT2D eigenvalue weighted by atomic mass is 9.89. The van der Waals surface area contributed by atoms with Gasteiger partial charge in [-0.05, 0) is 25.0 Å². The lowest BCUT2D eigenvalue weighted by molar-refractivity contribution is 0.296. The molecule has 1 fully saturated rings. The van der Waals surface area contributed by atoms with Gasteiger partial charge in [0.25, 0.3) is 0 Å². The standard InChI is InChI=1S/C14H17N3O/c1-14(8-4-5-9-14)13-16-12(17-18-13)10-6-2-3-7-11(10)15/h2-3,6-7H,4-5,8-9,15H2,1H3. The molecule has 1 saturated carbocycles. The third-order valence-electron chi connectivity index (χ3n) is 3.85. The molecule has 1 aliphatic carbocycles. The maximum atomic E-state index is 5.93. The van der Waals surface area contributed by atoms with Crippen LogP contribution in [0.5, 0.6) is 0 Å². The monoisotopic (exact) mass is 243 g/mol. The molecular weight excluding hydrogens is 226 g/mol. The molecule has 2 aromatic rings. The molecule has 0 bridgehead atoms. The van der Waals surface area contributed by atoms with Crippen molar-refractivity contribution in [2.45, 2.75) is 38.0 Å². The average molecular weight is 243 g/mol. The lowest BCUT2D eigenvalue weighted by Crippen LogP contribution is -2.17. The second-order valence-electron chi connectivity index (χ2n) is 5.28. The number of hydrogen-bond acceptors (Lipinski definition) is 4. The topological polar surface area (TPSA) is 64.9 Å². The smallest absolute Gasteiger partial charge is 0.232 e. The zero-order chi connectivity index (χ0) is 12.6. The van der Waals surface area contributed by atoms with E-state index in [0.717, 1.165) is 24.3 Å². The zero-order valence-electron chi connectivity index (χ0n) is 10.5. The number of benzene rings is 1. The van der Waals surface area contributed by atoms with E-state index in [-0.39, 0.29) is 5.41 Å². The summed E-state index contributed by atoms with van der Waals surface area (Å²) in [5, 5.41) is 4.07. The summed E-state index contributed by atoms with van der Waals surface area (Å²) in [5.41, 5.74) is 7.50. The fraction of sp³-hybridized carbons (Fsp3) is 0.429. The van der Waals surface area contributed by atoms with Crippen LogP contribution in [0.2, 0.25) is 0 Å². The zero-order valence-corrected chi connectivity index (χ0v) is 10.5. The molecule has 94 valence electrons. The minimum absolute atomic E-state index is 0.0504. The fourth-order valence-electron chi connectivity index (χ4n) is 2.65. The summed E-state index contributed by atoms with van der Waals surface area (Å²) >= 11 is 0. The average Bonchev–Trinajstić information content (AvgIpc) is 2.99. The SMILES string of the molecule is CC1(c2nc(-c3ccccc3N)no2)CCCC1. The van der Waals surface area contributed by atoms with Crippen molar-refractivity contribution in [2.24, 2.45) is 0 Å². The molecule has 0 spiro atoms. The Balaban J connectivity index is 1.97. The molecule has 1 aromatic carbocycles. The van der Waals surface area contributed by atoms with Crippen molar-refractivity contribution >= 4 is 5.69 Å². The first kappa shape index (κ1) is 11.3. The van der Waals surface area contributed by atoms with Crippen molar-refractivity contribution in [3.63, 3.8) is 0 Å². The maximum Gasteiger partial charge on any atom is 0.232 e. The molecule has 0 saturated heterocycles. The van der Waals surface area contributed by atoms with Gasteiger partial charge in [0.15, 0.2) is 0 Å². The van der Waals surface area contributed by atoms with Crippen molar-refractivity contribution in [2.75, 3.05) is 5.73 Å². The van der Waals surface area contributed by atoms with E-state index in [1.807, 2.05) is 24.3 Å². The van der Waals surface area contributed by atoms with Gasteiger partial charge in [0.05, 0.1) is 0 Å². The number of para-hydroxylation sites is 1. The summed E-state index contributed by atoms with van der Waals surface area (Å²) < 4.78 is 5.44. The van der Waals surface area contributed by atoms with E-state index in [0.29, 0.717) is 11.5 Å². The van der Waals surface area contributed by atoms with E-state index in [2.05, 4.69) is 17.1 Å². The van der Waals surface area contributed by atoms with Gasteiger partial charge < -0.3 is 10.3 Å². The van der Waals surface area contributed by atoms with Gasteiger partial charge in [0.2, 0.25) is 11.7 Å². The second-order valence-corrected chi connectivity index (χ2v) is 5.28. The highest BCUT2D eigenvalue weighted by Gasteiger charge is 2.36. The summed E-state index contributed by atoms with van der Waals surface area (Å²) in [6.07, 6.45) is 4.72. The Hall–Kier alpha value is -1.84. The van der Waals surface area contributed by atoms with E-state index < -0.39 is 0 Å². The van der Waals surface area contributed by atoms with Crippen molar-refractivity contribution in [1.82, 2.24) is 10.1 Å². The summed E-state index contributed by atoms with van der Waals surface area (Å²) in [7, 11) is 0. The summed E-state index contributed by atoms with van der Waals surface area (Å²) in [5.74, 6) is 1.34. The third-order valence-corrected chi connectivity index (χ3v) is 3.85. The normalized spacial score (nSPS) is 18.1. The van der Waals surface area contributed by atoms with Crippen LogP contribution in [0.4, 0.5) is 5.69 Å². The number of aromatic nitrogens is 2. The van der Waals surface area contributed by atoms with Crippen LogP contribution in [0, 0.1) is 0 Å². The number of nitrogen functional groups attached to an aromatic ring is 1.